The number of aryl methyl sites for hydroxylation is 1. The Kier molecular flexibility index (Phi) is 4.56. The van der Waals surface area contributed by atoms with Crippen molar-refractivity contribution in [2.45, 2.75) is 25.7 Å². The van der Waals surface area contributed by atoms with Gasteiger partial charge in [-0.3, -0.25) is 4.79 Å². The number of piperidine rings is 1. The lowest BCUT2D eigenvalue weighted by molar-refractivity contribution is 0.0667. The molecule has 0 bridgehead atoms. The summed E-state index contributed by atoms with van der Waals surface area (Å²) in [5, 5.41) is 0. The maximum absolute atomic E-state index is 13.2. The quantitative estimate of drug-likeness (QED) is 0.858. The normalized spacial score (nSPS) is 18.4. The van der Waals surface area contributed by atoms with Gasteiger partial charge in [0.15, 0.2) is 0 Å². The van der Waals surface area contributed by atoms with Crippen LogP contribution in [0.2, 0.25) is 0 Å². The molecule has 0 N–H and O–H groups in total. The average molecular weight is 301 g/mol. The largest absolute Gasteiger partial charge is 0.472 e. The molecule has 0 radical (unpaired) electrons. The van der Waals surface area contributed by atoms with Crippen LogP contribution in [0.4, 0.5) is 4.39 Å². The van der Waals surface area contributed by atoms with E-state index in [0.717, 1.165) is 44.3 Å². The van der Waals surface area contributed by atoms with Crippen molar-refractivity contribution in [1.29, 1.82) is 0 Å². The first-order chi connectivity index (χ1) is 10.7. The predicted octanol–water partition coefficient (Wildman–Crippen LogP) is 3.90. The first-order valence-corrected chi connectivity index (χ1v) is 7.78. The molecular weight excluding hydrogens is 281 g/mol. The van der Waals surface area contributed by atoms with Gasteiger partial charge in [-0.25, -0.2) is 4.39 Å². The van der Waals surface area contributed by atoms with Crippen LogP contribution in [-0.2, 0) is 6.42 Å². The molecule has 1 saturated heterocycles. The minimum atomic E-state index is -0.182. The summed E-state index contributed by atoms with van der Waals surface area (Å²) in [5.41, 5.74) is 1.64. The summed E-state index contributed by atoms with van der Waals surface area (Å²) in [6.45, 7) is 1.58. The van der Waals surface area contributed by atoms with Crippen LogP contribution < -0.4 is 0 Å². The van der Waals surface area contributed by atoms with Gasteiger partial charge in [0.05, 0.1) is 11.8 Å². The molecule has 2 aromatic rings. The Labute approximate surface area is 129 Å². The highest BCUT2D eigenvalue weighted by Crippen LogP contribution is 2.23. The molecule has 3 rings (SSSR count). The summed E-state index contributed by atoms with van der Waals surface area (Å²) in [5.74, 6) is 0.343. The van der Waals surface area contributed by atoms with Crippen molar-refractivity contribution in [3.05, 3.63) is 59.8 Å². The topological polar surface area (TPSA) is 33.5 Å². The van der Waals surface area contributed by atoms with Crippen LogP contribution in [0.5, 0.6) is 0 Å². The van der Waals surface area contributed by atoms with Gasteiger partial charge in [0, 0.05) is 13.1 Å². The van der Waals surface area contributed by atoms with Gasteiger partial charge < -0.3 is 9.32 Å². The third-order valence-corrected chi connectivity index (χ3v) is 4.30. The summed E-state index contributed by atoms with van der Waals surface area (Å²) < 4.78 is 18.2. The third-order valence-electron chi connectivity index (χ3n) is 4.30. The lowest BCUT2D eigenvalue weighted by atomic mass is 9.91. The lowest BCUT2D eigenvalue weighted by Gasteiger charge is -2.32. The monoisotopic (exact) mass is 301 g/mol. The number of rotatable bonds is 4. The number of nitrogens with zero attached hydrogens (tertiary/aromatic N) is 1. The van der Waals surface area contributed by atoms with Crippen molar-refractivity contribution in [3.63, 3.8) is 0 Å². The lowest BCUT2D eigenvalue weighted by Crippen LogP contribution is -2.39. The Bertz CT molecular complexity index is 624. The van der Waals surface area contributed by atoms with E-state index in [-0.39, 0.29) is 11.7 Å². The molecule has 1 atom stereocenters. The van der Waals surface area contributed by atoms with E-state index in [0.29, 0.717) is 11.5 Å². The number of halogens is 1. The van der Waals surface area contributed by atoms with Crippen LogP contribution in [0, 0.1) is 11.7 Å². The molecule has 1 aromatic heterocycles. The first-order valence-electron chi connectivity index (χ1n) is 7.78. The molecule has 0 unspecified atom stereocenters. The third kappa shape index (κ3) is 3.56. The van der Waals surface area contributed by atoms with Gasteiger partial charge in [0.2, 0.25) is 0 Å². The molecule has 0 spiro atoms. The maximum atomic E-state index is 13.2. The molecule has 1 aliphatic heterocycles. The van der Waals surface area contributed by atoms with Gasteiger partial charge >= 0.3 is 0 Å². The van der Waals surface area contributed by atoms with Crippen molar-refractivity contribution < 1.29 is 13.6 Å². The first kappa shape index (κ1) is 14.8. The predicted molar refractivity (Wildman–Crippen MR) is 82.1 cm³/mol. The average Bonchev–Trinajstić information content (AvgIpc) is 3.07. The second-order valence-corrected chi connectivity index (χ2v) is 5.94. The Hall–Kier alpha value is -2.10. The SMILES string of the molecule is O=C(c1ccoc1)N1CCC[C@H](CCc2cccc(F)c2)C1. The molecule has 3 nitrogen and oxygen atoms in total. The summed E-state index contributed by atoms with van der Waals surface area (Å²) in [6.07, 6.45) is 7.02. The van der Waals surface area contributed by atoms with Crippen LogP contribution in [0.3, 0.4) is 0 Å². The van der Waals surface area contributed by atoms with Crippen molar-refractivity contribution in [2.75, 3.05) is 13.1 Å². The highest BCUT2D eigenvalue weighted by molar-refractivity contribution is 5.93. The fourth-order valence-electron chi connectivity index (χ4n) is 3.12. The number of amides is 1. The standard InChI is InChI=1S/C18H20FNO2/c19-17-5-1-3-14(11-17)6-7-15-4-2-9-20(12-15)18(21)16-8-10-22-13-16/h1,3,5,8,10-11,13,15H,2,4,6-7,9,12H2/t15-/m1/s1. The van der Waals surface area contributed by atoms with Crippen molar-refractivity contribution in [1.82, 2.24) is 4.90 Å². The van der Waals surface area contributed by atoms with E-state index >= 15 is 0 Å². The fraction of sp³-hybridized carbons (Fsp3) is 0.389. The summed E-state index contributed by atoms with van der Waals surface area (Å²) in [6, 6.07) is 8.48. The summed E-state index contributed by atoms with van der Waals surface area (Å²) >= 11 is 0. The molecule has 4 heteroatoms. The number of benzene rings is 1. The minimum absolute atomic E-state index is 0.0456. The Morgan fingerprint density at radius 1 is 1.36 bits per heavy atom. The highest BCUT2D eigenvalue weighted by Gasteiger charge is 2.24. The van der Waals surface area contributed by atoms with E-state index < -0.39 is 0 Å². The molecule has 0 saturated carbocycles. The summed E-state index contributed by atoms with van der Waals surface area (Å²) in [7, 11) is 0. The van der Waals surface area contributed by atoms with Gasteiger partial charge in [-0.2, -0.15) is 0 Å². The van der Waals surface area contributed by atoms with Gasteiger partial charge in [-0.15, -0.1) is 0 Å². The van der Waals surface area contributed by atoms with Crippen LogP contribution in [0.25, 0.3) is 0 Å². The number of carbonyl (C=O) groups is 1. The van der Waals surface area contributed by atoms with E-state index in [2.05, 4.69) is 0 Å². The molecule has 1 aliphatic rings. The van der Waals surface area contributed by atoms with Crippen molar-refractivity contribution in [2.24, 2.45) is 5.92 Å². The van der Waals surface area contributed by atoms with Gasteiger partial charge in [-0.1, -0.05) is 12.1 Å². The summed E-state index contributed by atoms with van der Waals surface area (Å²) in [4.78, 5) is 14.2. The molecule has 0 aliphatic carbocycles. The minimum Gasteiger partial charge on any atom is -0.472 e. The van der Waals surface area contributed by atoms with E-state index in [1.807, 2.05) is 11.0 Å². The van der Waals surface area contributed by atoms with E-state index in [9.17, 15) is 9.18 Å². The molecule has 116 valence electrons. The number of carbonyl (C=O) groups excluding carboxylic acids is 1. The Morgan fingerprint density at radius 3 is 3.05 bits per heavy atom. The van der Waals surface area contributed by atoms with Crippen molar-refractivity contribution >= 4 is 5.91 Å². The van der Waals surface area contributed by atoms with Crippen LogP contribution in [0.1, 0.15) is 35.2 Å². The molecule has 2 heterocycles. The van der Waals surface area contributed by atoms with Gasteiger partial charge in [0.1, 0.15) is 12.1 Å². The molecular formula is C18H20FNO2. The second-order valence-electron chi connectivity index (χ2n) is 5.94. The number of furan rings is 1. The number of hydrogen-bond donors (Lipinski definition) is 0. The zero-order valence-corrected chi connectivity index (χ0v) is 12.5. The van der Waals surface area contributed by atoms with E-state index in [4.69, 9.17) is 4.42 Å². The van der Waals surface area contributed by atoms with Gasteiger partial charge in [0.25, 0.3) is 5.91 Å². The second kappa shape index (κ2) is 6.77. The van der Waals surface area contributed by atoms with Gasteiger partial charge in [-0.05, 0) is 55.4 Å². The molecule has 22 heavy (non-hydrogen) atoms. The number of hydrogen-bond acceptors (Lipinski definition) is 2. The van der Waals surface area contributed by atoms with Crippen LogP contribution in [-0.4, -0.2) is 23.9 Å². The highest BCUT2D eigenvalue weighted by atomic mass is 19.1. The Balaban J connectivity index is 1.55. The smallest absolute Gasteiger partial charge is 0.257 e. The van der Waals surface area contributed by atoms with Crippen LogP contribution >= 0.6 is 0 Å². The zero-order valence-electron chi connectivity index (χ0n) is 12.5. The van der Waals surface area contributed by atoms with E-state index in [1.54, 1.807) is 18.2 Å². The van der Waals surface area contributed by atoms with Crippen LogP contribution in [0.15, 0.2) is 47.3 Å². The fourth-order valence-corrected chi connectivity index (χ4v) is 3.12. The molecule has 1 fully saturated rings. The molecule has 1 amide bonds. The zero-order chi connectivity index (χ0) is 15.4. The molecule has 1 aromatic carbocycles. The number of likely N-dealkylation sites (tertiary alicyclic amines) is 1. The Morgan fingerprint density at radius 2 is 2.27 bits per heavy atom. The van der Waals surface area contributed by atoms with Crippen molar-refractivity contribution in [3.8, 4) is 0 Å². The van der Waals surface area contributed by atoms with E-state index in [1.165, 1.54) is 18.6 Å². The maximum Gasteiger partial charge on any atom is 0.257 e.